The van der Waals surface area contributed by atoms with Crippen LogP contribution in [0.1, 0.15) is 5.56 Å². The fourth-order valence-electron chi connectivity index (χ4n) is 0.950. The lowest BCUT2D eigenvalue weighted by Gasteiger charge is -1.92. The van der Waals surface area contributed by atoms with Crippen LogP contribution in [0.4, 0.5) is 0 Å². The quantitative estimate of drug-likeness (QED) is 0.775. The Balaban J connectivity index is 0.000000162. The van der Waals surface area contributed by atoms with Gasteiger partial charge in [-0.3, -0.25) is 9.27 Å². The van der Waals surface area contributed by atoms with Crippen LogP contribution in [0.5, 0.6) is 0 Å². The molecule has 15 heavy (non-hydrogen) atoms. The molecule has 1 aromatic heterocycles. The third-order valence-corrected chi connectivity index (χ3v) is 1.74. The van der Waals surface area contributed by atoms with Gasteiger partial charge in [-0.25, -0.2) is 0 Å². The first-order valence-corrected chi connectivity index (χ1v) is 4.87. The second-order valence-corrected chi connectivity index (χ2v) is 2.98. The number of hydrogen-bond acceptors (Lipinski definition) is 2. The minimum absolute atomic E-state index is 0.475. The first-order valence-electron chi connectivity index (χ1n) is 4.56. The Bertz CT molecular complexity index is 313. The van der Waals surface area contributed by atoms with Crippen molar-refractivity contribution in [3.05, 3.63) is 66.5 Å². The molecule has 0 aliphatic heterocycles. The molecule has 78 valence electrons. The molecule has 0 saturated carbocycles. The molecule has 0 unspecified atom stereocenters. The topological polar surface area (TPSA) is 22.1 Å². The van der Waals surface area contributed by atoms with Gasteiger partial charge in [0.1, 0.15) is 0 Å². The Morgan fingerprint density at radius 2 is 1.53 bits per heavy atom. The Kier molecular flexibility index (Phi) is 6.21. The zero-order valence-corrected chi connectivity index (χ0v) is 8.97. The second-order valence-electron chi connectivity index (χ2n) is 2.76. The molecule has 0 saturated heterocycles. The molecule has 0 radical (unpaired) electrons. The van der Waals surface area contributed by atoms with Crippen LogP contribution in [0, 0.1) is 0 Å². The van der Waals surface area contributed by atoms with Crippen molar-refractivity contribution < 1.29 is 4.29 Å². The predicted octanol–water partition coefficient (Wildman–Crippen LogP) is 3.44. The highest BCUT2D eigenvalue weighted by atomic mass is 35.5. The second kappa shape index (κ2) is 7.97. The Morgan fingerprint density at radius 1 is 0.933 bits per heavy atom. The van der Waals surface area contributed by atoms with Gasteiger partial charge in [0.05, 0.1) is 18.5 Å². The molecule has 3 heteroatoms. The lowest BCUT2D eigenvalue weighted by molar-refractivity contribution is 0.341. The van der Waals surface area contributed by atoms with E-state index in [1.807, 2.05) is 48.5 Å². The average molecular weight is 222 g/mol. The van der Waals surface area contributed by atoms with Crippen molar-refractivity contribution in [2.75, 3.05) is 0 Å². The molecular formula is C12H12ClNO. The normalized spacial score (nSPS) is 8.87. The van der Waals surface area contributed by atoms with Crippen LogP contribution in [0.2, 0.25) is 0 Å². The smallest absolute Gasteiger partial charge is 0.0933 e. The summed E-state index contributed by atoms with van der Waals surface area (Å²) in [5, 5.41) is 0. The maximum atomic E-state index is 5.04. The highest BCUT2D eigenvalue weighted by molar-refractivity contribution is 6.07. The molecule has 1 heterocycles. The highest BCUT2D eigenvalue weighted by Gasteiger charge is 1.86. The third-order valence-electron chi connectivity index (χ3n) is 1.63. The van der Waals surface area contributed by atoms with Crippen LogP contribution in [-0.4, -0.2) is 4.98 Å². The minimum Gasteiger partial charge on any atom is -0.274 e. The molecule has 0 fully saturated rings. The van der Waals surface area contributed by atoms with Crippen LogP contribution in [0.3, 0.4) is 0 Å². The first-order chi connectivity index (χ1) is 7.43. The summed E-state index contributed by atoms with van der Waals surface area (Å²) in [7, 11) is 0. The predicted molar refractivity (Wildman–Crippen MR) is 61.3 cm³/mol. The van der Waals surface area contributed by atoms with Gasteiger partial charge in [-0.15, -0.1) is 0 Å². The van der Waals surface area contributed by atoms with Gasteiger partial charge in [0, 0.05) is 12.4 Å². The van der Waals surface area contributed by atoms with E-state index in [9.17, 15) is 0 Å². The van der Waals surface area contributed by atoms with Crippen LogP contribution in [0.25, 0.3) is 0 Å². The van der Waals surface area contributed by atoms with E-state index < -0.39 is 0 Å². The number of hydrogen-bond donors (Lipinski definition) is 0. The van der Waals surface area contributed by atoms with Crippen molar-refractivity contribution >= 4 is 11.9 Å². The summed E-state index contributed by atoms with van der Waals surface area (Å²) in [5.74, 6) is 0. The largest absolute Gasteiger partial charge is 0.274 e. The third kappa shape index (κ3) is 5.83. The fourth-order valence-corrected chi connectivity index (χ4v) is 1.08. The van der Waals surface area contributed by atoms with E-state index in [2.05, 4.69) is 9.27 Å². The van der Waals surface area contributed by atoms with Crippen LogP contribution in [0.15, 0.2) is 60.9 Å². The fraction of sp³-hybridized carbons (Fsp3) is 0.0833. The minimum atomic E-state index is 0.475. The molecule has 0 N–H and O–H groups in total. The molecule has 0 spiro atoms. The van der Waals surface area contributed by atoms with E-state index in [0.717, 1.165) is 5.56 Å². The van der Waals surface area contributed by atoms with Gasteiger partial charge < -0.3 is 0 Å². The van der Waals surface area contributed by atoms with Crippen LogP contribution < -0.4 is 0 Å². The van der Waals surface area contributed by atoms with Gasteiger partial charge in [-0.2, -0.15) is 0 Å². The molecule has 1 aromatic carbocycles. The summed E-state index contributed by atoms with van der Waals surface area (Å²) in [4.78, 5) is 3.78. The number of halogens is 1. The molecular weight excluding hydrogens is 210 g/mol. The number of aromatic nitrogens is 1. The zero-order valence-electron chi connectivity index (χ0n) is 8.21. The van der Waals surface area contributed by atoms with E-state index in [4.69, 9.17) is 11.9 Å². The van der Waals surface area contributed by atoms with Gasteiger partial charge in [0.15, 0.2) is 0 Å². The summed E-state index contributed by atoms with van der Waals surface area (Å²) >= 11 is 5.04. The van der Waals surface area contributed by atoms with Crippen molar-refractivity contribution in [3.63, 3.8) is 0 Å². The number of pyridine rings is 1. The molecule has 2 aromatic rings. The molecule has 2 rings (SSSR count). The standard InChI is InChI=1S/C7H7ClO.C5H5N/c8-9-6-7-4-2-1-3-5-7;1-2-4-6-5-3-1/h1-5H,6H2;1-5H. The molecule has 0 atom stereocenters. The van der Waals surface area contributed by atoms with Crippen molar-refractivity contribution in [3.8, 4) is 0 Å². The Labute approximate surface area is 94.7 Å². The Morgan fingerprint density at radius 3 is 1.93 bits per heavy atom. The van der Waals surface area contributed by atoms with Crippen LogP contribution in [-0.2, 0) is 10.9 Å². The van der Waals surface area contributed by atoms with Gasteiger partial charge >= 0.3 is 0 Å². The van der Waals surface area contributed by atoms with E-state index in [1.54, 1.807) is 12.4 Å². The molecule has 0 aliphatic carbocycles. The van der Waals surface area contributed by atoms with Gasteiger partial charge in [0.2, 0.25) is 0 Å². The summed E-state index contributed by atoms with van der Waals surface area (Å²) in [6.07, 6.45) is 3.50. The summed E-state index contributed by atoms with van der Waals surface area (Å²) in [6, 6.07) is 15.5. The zero-order chi connectivity index (χ0) is 10.8. The summed E-state index contributed by atoms with van der Waals surface area (Å²) in [5.41, 5.74) is 1.09. The molecule has 0 aliphatic rings. The maximum absolute atomic E-state index is 5.04. The first kappa shape index (κ1) is 11.7. The van der Waals surface area contributed by atoms with E-state index in [-0.39, 0.29) is 0 Å². The number of benzene rings is 1. The van der Waals surface area contributed by atoms with Crippen molar-refractivity contribution in [2.24, 2.45) is 0 Å². The monoisotopic (exact) mass is 221 g/mol. The summed E-state index contributed by atoms with van der Waals surface area (Å²) in [6.45, 7) is 0.475. The van der Waals surface area contributed by atoms with Crippen LogP contribution >= 0.6 is 11.9 Å². The SMILES string of the molecule is ClOCc1ccccc1.c1ccncc1. The van der Waals surface area contributed by atoms with E-state index >= 15 is 0 Å². The number of rotatable bonds is 2. The summed E-state index contributed by atoms with van der Waals surface area (Å²) < 4.78 is 4.40. The van der Waals surface area contributed by atoms with Crippen molar-refractivity contribution in [1.82, 2.24) is 4.98 Å². The van der Waals surface area contributed by atoms with Crippen molar-refractivity contribution in [2.45, 2.75) is 6.61 Å². The van der Waals surface area contributed by atoms with Gasteiger partial charge in [-0.1, -0.05) is 36.4 Å². The van der Waals surface area contributed by atoms with Crippen molar-refractivity contribution in [1.29, 1.82) is 0 Å². The lowest BCUT2D eigenvalue weighted by Crippen LogP contribution is -1.80. The van der Waals surface area contributed by atoms with Gasteiger partial charge in [-0.05, 0) is 17.7 Å². The molecule has 2 nitrogen and oxygen atoms in total. The highest BCUT2D eigenvalue weighted by Crippen LogP contribution is 2.00. The van der Waals surface area contributed by atoms with E-state index in [1.165, 1.54) is 0 Å². The molecule has 0 amide bonds. The average Bonchev–Trinajstić information content (AvgIpc) is 2.34. The molecule has 0 bridgehead atoms. The van der Waals surface area contributed by atoms with Gasteiger partial charge in [0.25, 0.3) is 0 Å². The number of nitrogens with zero attached hydrogens (tertiary/aromatic N) is 1. The van der Waals surface area contributed by atoms with E-state index in [0.29, 0.717) is 6.61 Å². The lowest BCUT2D eigenvalue weighted by atomic mass is 10.2. The Hall–Kier alpha value is -1.38. The maximum Gasteiger partial charge on any atom is 0.0933 e.